The average molecular weight is 205 g/mol. The van der Waals surface area contributed by atoms with Crippen LogP contribution in [0.1, 0.15) is 11.1 Å². The summed E-state index contributed by atoms with van der Waals surface area (Å²) < 4.78 is 13.0. The van der Waals surface area contributed by atoms with Gasteiger partial charge in [0, 0.05) is 5.56 Å². The van der Waals surface area contributed by atoms with Crippen molar-refractivity contribution in [3.05, 3.63) is 27.3 Å². The first kappa shape index (κ1) is 9.24. The topological polar surface area (TPSA) is 36.7 Å². The molecule has 0 aliphatic carbocycles. The van der Waals surface area contributed by atoms with Crippen LogP contribution in [-0.4, -0.2) is 4.98 Å². The molecule has 0 fully saturated rings. The number of nitrogens with zero attached hydrogens (tertiary/aromatic N) is 2. The van der Waals surface area contributed by atoms with Crippen molar-refractivity contribution in [1.29, 1.82) is 5.26 Å². The highest BCUT2D eigenvalue weighted by atomic mass is 35.5. The molecular formula is C7H3Cl2FN2. The third-order valence-corrected chi connectivity index (χ3v) is 1.92. The normalized spacial score (nSPS) is 9.58. The van der Waals surface area contributed by atoms with Crippen molar-refractivity contribution < 1.29 is 4.39 Å². The Morgan fingerprint density at radius 1 is 1.42 bits per heavy atom. The molecule has 0 aliphatic rings. The van der Waals surface area contributed by atoms with Crippen LogP contribution in [-0.2, 0) is 0 Å². The zero-order chi connectivity index (χ0) is 9.30. The van der Waals surface area contributed by atoms with Gasteiger partial charge in [-0.1, -0.05) is 23.2 Å². The van der Waals surface area contributed by atoms with E-state index in [1.54, 1.807) is 6.07 Å². The van der Waals surface area contributed by atoms with Gasteiger partial charge in [-0.05, 0) is 6.92 Å². The van der Waals surface area contributed by atoms with Gasteiger partial charge in [0.25, 0.3) is 0 Å². The largest absolute Gasteiger partial charge is 0.220 e. The van der Waals surface area contributed by atoms with Gasteiger partial charge in [0.2, 0.25) is 0 Å². The number of hydrogen-bond donors (Lipinski definition) is 0. The molecular weight excluding hydrogens is 202 g/mol. The quantitative estimate of drug-likeness (QED) is 0.610. The van der Waals surface area contributed by atoms with Gasteiger partial charge in [-0.15, -0.1) is 0 Å². The minimum absolute atomic E-state index is 0.0265. The zero-order valence-corrected chi connectivity index (χ0v) is 7.54. The first-order valence-electron chi connectivity index (χ1n) is 2.99. The van der Waals surface area contributed by atoms with E-state index in [1.807, 2.05) is 0 Å². The van der Waals surface area contributed by atoms with E-state index in [0.29, 0.717) is 0 Å². The Morgan fingerprint density at radius 3 is 2.50 bits per heavy atom. The van der Waals surface area contributed by atoms with Crippen LogP contribution >= 0.6 is 23.2 Å². The summed E-state index contributed by atoms with van der Waals surface area (Å²) in [5.41, 5.74) is 0.154. The van der Waals surface area contributed by atoms with E-state index in [-0.39, 0.29) is 21.4 Å². The number of pyridine rings is 1. The van der Waals surface area contributed by atoms with Crippen molar-refractivity contribution in [2.75, 3.05) is 0 Å². The molecule has 0 atom stereocenters. The first-order chi connectivity index (χ1) is 5.57. The molecule has 0 amide bonds. The number of aromatic nitrogens is 1. The van der Waals surface area contributed by atoms with Gasteiger partial charge in [0.1, 0.15) is 11.2 Å². The molecule has 2 nitrogen and oxygen atoms in total. The molecule has 0 saturated heterocycles. The highest BCUT2D eigenvalue weighted by Gasteiger charge is 2.13. The van der Waals surface area contributed by atoms with Crippen LogP contribution in [0.25, 0.3) is 0 Å². The second kappa shape index (κ2) is 3.26. The Balaban J connectivity index is 3.54. The molecule has 1 heterocycles. The Bertz CT molecular complexity index is 371. The van der Waals surface area contributed by atoms with Gasteiger partial charge < -0.3 is 0 Å². The maximum absolute atomic E-state index is 13.0. The summed E-state index contributed by atoms with van der Waals surface area (Å²) in [6.07, 6.45) is 0. The van der Waals surface area contributed by atoms with Crippen molar-refractivity contribution >= 4 is 23.2 Å². The van der Waals surface area contributed by atoms with Crippen LogP contribution in [0.5, 0.6) is 0 Å². The molecule has 62 valence electrons. The molecule has 0 spiro atoms. The molecule has 12 heavy (non-hydrogen) atoms. The second-order valence-electron chi connectivity index (χ2n) is 2.12. The van der Waals surface area contributed by atoms with Gasteiger partial charge in [-0.3, -0.25) is 0 Å². The van der Waals surface area contributed by atoms with Crippen molar-refractivity contribution in [2.45, 2.75) is 6.92 Å². The van der Waals surface area contributed by atoms with Crippen molar-refractivity contribution in [3.8, 4) is 6.07 Å². The minimum atomic E-state index is -0.697. The molecule has 0 unspecified atom stereocenters. The van der Waals surface area contributed by atoms with E-state index in [1.165, 1.54) is 6.92 Å². The Kier molecular flexibility index (Phi) is 2.51. The highest BCUT2D eigenvalue weighted by molar-refractivity contribution is 6.33. The molecule has 1 aromatic heterocycles. The van der Waals surface area contributed by atoms with Crippen LogP contribution < -0.4 is 0 Å². The van der Waals surface area contributed by atoms with Crippen molar-refractivity contribution in [2.24, 2.45) is 0 Å². The van der Waals surface area contributed by atoms with Crippen LogP contribution in [0.2, 0.25) is 10.3 Å². The molecule has 5 heteroatoms. The van der Waals surface area contributed by atoms with E-state index in [2.05, 4.69) is 4.98 Å². The third kappa shape index (κ3) is 1.36. The van der Waals surface area contributed by atoms with Gasteiger partial charge in [0.05, 0.1) is 5.56 Å². The number of halogens is 3. The molecule has 1 aromatic rings. The van der Waals surface area contributed by atoms with Gasteiger partial charge in [-0.2, -0.15) is 5.26 Å². The lowest BCUT2D eigenvalue weighted by Crippen LogP contribution is -1.94. The summed E-state index contributed by atoms with van der Waals surface area (Å²) in [6, 6.07) is 1.74. The fraction of sp³-hybridized carbons (Fsp3) is 0.143. The Labute approximate surface area is 78.5 Å². The van der Waals surface area contributed by atoms with Gasteiger partial charge in [-0.25, -0.2) is 9.37 Å². The molecule has 0 saturated carbocycles. The van der Waals surface area contributed by atoms with Crippen LogP contribution in [0.4, 0.5) is 4.39 Å². The fourth-order valence-electron chi connectivity index (χ4n) is 0.740. The van der Waals surface area contributed by atoms with Gasteiger partial charge in [0.15, 0.2) is 11.0 Å². The van der Waals surface area contributed by atoms with Crippen molar-refractivity contribution in [3.63, 3.8) is 0 Å². The van der Waals surface area contributed by atoms with E-state index >= 15 is 0 Å². The molecule has 0 N–H and O–H groups in total. The SMILES string of the molecule is Cc1c(F)c(Cl)nc(Cl)c1C#N. The van der Waals surface area contributed by atoms with E-state index < -0.39 is 5.82 Å². The van der Waals surface area contributed by atoms with Crippen molar-refractivity contribution in [1.82, 2.24) is 4.98 Å². The summed E-state index contributed by atoms with van der Waals surface area (Å²) in [6.45, 7) is 1.42. The van der Waals surface area contributed by atoms with E-state index in [0.717, 1.165) is 0 Å². The van der Waals surface area contributed by atoms with Crippen LogP contribution in [0.15, 0.2) is 0 Å². The third-order valence-electron chi connectivity index (χ3n) is 1.40. The zero-order valence-electron chi connectivity index (χ0n) is 6.03. The number of hydrogen-bond acceptors (Lipinski definition) is 2. The summed E-state index contributed by atoms with van der Waals surface area (Å²) in [5.74, 6) is -0.697. The molecule has 1 rings (SSSR count). The molecule has 0 aromatic carbocycles. The molecule has 0 radical (unpaired) electrons. The lowest BCUT2D eigenvalue weighted by molar-refractivity contribution is 0.612. The van der Waals surface area contributed by atoms with E-state index in [9.17, 15) is 4.39 Å². The van der Waals surface area contributed by atoms with E-state index in [4.69, 9.17) is 28.5 Å². The standard InChI is InChI=1S/C7H3Cl2FN2/c1-3-4(2-11)6(8)12-7(9)5(3)10/h1H3. The van der Waals surface area contributed by atoms with Crippen LogP contribution in [0, 0.1) is 24.1 Å². The molecule has 0 aliphatic heterocycles. The maximum atomic E-state index is 13.0. The summed E-state index contributed by atoms with van der Waals surface area (Å²) in [4.78, 5) is 3.44. The predicted octanol–water partition coefficient (Wildman–Crippen LogP) is 2.71. The minimum Gasteiger partial charge on any atom is -0.220 e. The lowest BCUT2D eigenvalue weighted by atomic mass is 10.2. The predicted molar refractivity (Wildman–Crippen MR) is 43.7 cm³/mol. The smallest absolute Gasteiger partial charge is 0.166 e. The first-order valence-corrected chi connectivity index (χ1v) is 3.74. The highest BCUT2D eigenvalue weighted by Crippen LogP contribution is 2.24. The molecule has 0 bridgehead atoms. The Morgan fingerprint density at radius 2 is 2.00 bits per heavy atom. The summed E-state index contributed by atoms with van der Waals surface area (Å²) >= 11 is 10.9. The lowest BCUT2D eigenvalue weighted by Gasteiger charge is -2.01. The summed E-state index contributed by atoms with van der Waals surface area (Å²) in [5, 5.41) is 8.15. The maximum Gasteiger partial charge on any atom is 0.166 e. The average Bonchev–Trinajstić information content (AvgIpc) is 2.01. The number of nitriles is 1. The second-order valence-corrected chi connectivity index (χ2v) is 2.84. The van der Waals surface area contributed by atoms with Crippen LogP contribution in [0.3, 0.4) is 0 Å². The Hall–Kier alpha value is -0.850. The fourth-order valence-corrected chi connectivity index (χ4v) is 1.28. The monoisotopic (exact) mass is 204 g/mol. The number of rotatable bonds is 0. The summed E-state index contributed by atoms with van der Waals surface area (Å²) in [7, 11) is 0. The van der Waals surface area contributed by atoms with Gasteiger partial charge >= 0.3 is 0 Å².